The molecule has 1 N–H and O–H groups in total. The fourth-order valence-corrected chi connectivity index (χ4v) is 4.63. The van der Waals surface area contributed by atoms with Crippen LogP contribution >= 0.6 is 0 Å². The van der Waals surface area contributed by atoms with Gasteiger partial charge in [0.05, 0.1) is 22.5 Å². The van der Waals surface area contributed by atoms with Crippen molar-refractivity contribution in [1.29, 1.82) is 0 Å². The van der Waals surface area contributed by atoms with E-state index < -0.39 is 10.0 Å². The third-order valence-electron chi connectivity index (χ3n) is 4.80. The molecule has 2 aliphatic rings. The van der Waals surface area contributed by atoms with Crippen molar-refractivity contribution in [3.05, 3.63) is 35.7 Å². The number of benzene rings is 1. The van der Waals surface area contributed by atoms with Gasteiger partial charge in [0.25, 0.3) is 10.0 Å². The smallest absolute Gasteiger partial charge is 0.262 e. The number of hydrogen-bond donors (Lipinski definition) is 1. The molecule has 4 rings (SSSR count). The Morgan fingerprint density at radius 3 is 2.81 bits per heavy atom. The van der Waals surface area contributed by atoms with Crippen LogP contribution in [0, 0.1) is 5.92 Å². The molecule has 1 saturated carbocycles. The molecule has 0 spiro atoms. The molecule has 1 fully saturated rings. The Morgan fingerprint density at radius 2 is 2.12 bits per heavy atom. The molecule has 1 atom stereocenters. The number of sulfonamides is 1. The molecule has 0 amide bonds. The van der Waals surface area contributed by atoms with Gasteiger partial charge in [-0.05, 0) is 49.4 Å². The van der Waals surface area contributed by atoms with Gasteiger partial charge in [-0.1, -0.05) is 13.8 Å². The van der Waals surface area contributed by atoms with Crippen LogP contribution < -0.4 is 9.46 Å². The molecular weight excluding hydrogens is 350 g/mol. The van der Waals surface area contributed by atoms with E-state index in [9.17, 15) is 8.42 Å². The van der Waals surface area contributed by atoms with Gasteiger partial charge in [-0.2, -0.15) is 5.10 Å². The van der Waals surface area contributed by atoms with E-state index in [0.29, 0.717) is 17.5 Å². The summed E-state index contributed by atoms with van der Waals surface area (Å²) in [7, 11) is -3.65. The number of fused-ring (bicyclic) bond motifs is 1. The Kier molecular flexibility index (Phi) is 4.22. The zero-order valence-electron chi connectivity index (χ0n) is 15.4. The predicted molar refractivity (Wildman–Crippen MR) is 100 cm³/mol. The first-order valence-corrected chi connectivity index (χ1v) is 10.7. The van der Waals surface area contributed by atoms with E-state index in [0.717, 1.165) is 42.8 Å². The monoisotopic (exact) mass is 375 g/mol. The first-order chi connectivity index (χ1) is 12.3. The third kappa shape index (κ3) is 3.32. The lowest BCUT2D eigenvalue weighted by Gasteiger charge is -2.13. The number of nitrogens with zero attached hydrogens (tertiary/aromatic N) is 2. The minimum absolute atomic E-state index is 0.0895. The Balaban J connectivity index is 1.63. The maximum Gasteiger partial charge on any atom is 0.262 e. The molecule has 0 bridgehead atoms. The van der Waals surface area contributed by atoms with Crippen LogP contribution in [0.4, 0.5) is 5.69 Å². The molecule has 0 saturated heterocycles. The van der Waals surface area contributed by atoms with Crippen molar-refractivity contribution in [1.82, 2.24) is 9.78 Å². The van der Waals surface area contributed by atoms with Gasteiger partial charge in [0, 0.05) is 18.9 Å². The van der Waals surface area contributed by atoms with Crippen LogP contribution in [0.25, 0.3) is 0 Å². The molecule has 140 valence electrons. The van der Waals surface area contributed by atoms with Crippen LogP contribution in [0.2, 0.25) is 0 Å². The number of aromatic nitrogens is 2. The summed E-state index contributed by atoms with van der Waals surface area (Å²) in [4.78, 5) is 0.271. The molecule has 1 aliphatic carbocycles. The maximum atomic E-state index is 12.9. The highest BCUT2D eigenvalue weighted by Crippen LogP contribution is 2.44. The lowest BCUT2D eigenvalue weighted by Crippen LogP contribution is -2.15. The van der Waals surface area contributed by atoms with Gasteiger partial charge in [0.1, 0.15) is 11.9 Å². The van der Waals surface area contributed by atoms with E-state index in [1.807, 2.05) is 11.6 Å². The van der Waals surface area contributed by atoms with Gasteiger partial charge in [-0.25, -0.2) is 8.42 Å². The number of anilines is 1. The summed E-state index contributed by atoms with van der Waals surface area (Å²) in [6, 6.07) is 5.07. The predicted octanol–water partition coefficient (Wildman–Crippen LogP) is 3.54. The van der Waals surface area contributed by atoms with Gasteiger partial charge in [0.15, 0.2) is 0 Å². The summed E-state index contributed by atoms with van der Waals surface area (Å²) >= 11 is 0. The minimum Gasteiger partial charge on any atom is -0.490 e. The second-order valence-corrected chi connectivity index (χ2v) is 9.48. The molecule has 2 heterocycles. The normalized spacial score (nSPS) is 19.5. The summed E-state index contributed by atoms with van der Waals surface area (Å²) in [6.07, 6.45) is 4.65. The van der Waals surface area contributed by atoms with E-state index in [1.54, 1.807) is 24.4 Å². The fraction of sp³-hybridized carbons (Fsp3) is 0.526. The Morgan fingerprint density at radius 1 is 1.35 bits per heavy atom. The maximum absolute atomic E-state index is 12.9. The van der Waals surface area contributed by atoms with Crippen LogP contribution in [-0.2, 0) is 23.0 Å². The van der Waals surface area contributed by atoms with Gasteiger partial charge >= 0.3 is 0 Å². The highest BCUT2D eigenvalue weighted by Gasteiger charge is 2.32. The molecule has 6 nitrogen and oxygen atoms in total. The zero-order chi connectivity index (χ0) is 18.5. The molecule has 1 unspecified atom stereocenters. The molecular formula is C19H25N3O3S. The van der Waals surface area contributed by atoms with Crippen molar-refractivity contribution in [2.75, 3.05) is 4.72 Å². The minimum atomic E-state index is -3.65. The lowest BCUT2D eigenvalue weighted by atomic mass is 10.1. The Hall–Kier alpha value is -2.02. The van der Waals surface area contributed by atoms with Crippen molar-refractivity contribution in [3.63, 3.8) is 0 Å². The van der Waals surface area contributed by atoms with Crippen LogP contribution in [0.3, 0.4) is 0 Å². The molecule has 26 heavy (non-hydrogen) atoms. The van der Waals surface area contributed by atoms with Crippen molar-refractivity contribution in [2.24, 2.45) is 5.92 Å². The summed E-state index contributed by atoms with van der Waals surface area (Å²) in [5, 5.41) is 4.43. The standard InChI is InChI=1S/C19H25N3O3S/c1-12(2)11-22-19(14-4-5-14)17(10-20-22)21-26(23,24)16-6-7-18-15(9-16)8-13(3)25-18/h6-7,9-10,12-14,21H,4-5,8,11H2,1-3H3. The quantitative estimate of drug-likeness (QED) is 0.838. The van der Waals surface area contributed by atoms with Gasteiger partial charge in [0.2, 0.25) is 0 Å². The SMILES string of the molecule is CC(C)Cn1ncc(NS(=O)(=O)c2ccc3c(c2)CC(C)O3)c1C1CC1. The van der Waals surface area contributed by atoms with E-state index in [-0.39, 0.29) is 11.0 Å². The van der Waals surface area contributed by atoms with Crippen molar-refractivity contribution >= 4 is 15.7 Å². The summed E-state index contributed by atoms with van der Waals surface area (Å²) in [5.74, 6) is 1.64. The van der Waals surface area contributed by atoms with E-state index >= 15 is 0 Å². The molecule has 0 radical (unpaired) electrons. The molecule has 1 aliphatic heterocycles. The summed E-state index contributed by atoms with van der Waals surface area (Å²) in [5.41, 5.74) is 2.57. The Labute approximate surface area is 154 Å². The number of ether oxygens (including phenoxy) is 1. The topological polar surface area (TPSA) is 73.2 Å². The Bertz CT molecular complexity index is 930. The molecule has 2 aromatic rings. The largest absolute Gasteiger partial charge is 0.490 e. The summed E-state index contributed by atoms with van der Waals surface area (Å²) in [6.45, 7) is 7.05. The number of nitrogens with one attached hydrogen (secondary N) is 1. The lowest BCUT2D eigenvalue weighted by molar-refractivity contribution is 0.254. The van der Waals surface area contributed by atoms with Crippen LogP contribution in [0.5, 0.6) is 5.75 Å². The fourth-order valence-electron chi connectivity index (χ4n) is 3.52. The van der Waals surface area contributed by atoms with E-state index in [2.05, 4.69) is 23.7 Å². The van der Waals surface area contributed by atoms with Gasteiger partial charge in [-0.15, -0.1) is 0 Å². The van der Waals surface area contributed by atoms with Gasteiger partial charge < -0.3 is 4.74 Å². The van der Waals surface area contributed by atoms with Crippen LogP contribution in [-0.4, -0.2) is 24.3 Å². The second-order valence-electron chi connectivity index (χ2n) is 7.80. The number of hydrogen-bond acceptors (Lipinski definition) is 4. The summed E-state index contributed by atoms with van der Waals surface area (Å²) < 4.78 is 36.2. The van der Waals surface area contributed by atoms with E-state index in [4.69, 9.17) is 4.74 Å². The van der Waals surface area contributed by atoms with Crippen LogP contribution in [0.15, 0.2) is 29.3 Å². The first-order valence-electron chi connectivity index (χ1n) is 9.21. The highest BCUT2D eigenvalue weighted by molar-refractivity contribution is 7.92. The average Bonchev–Trinajstić information content (AvgIpc) is 3.21. The molecule has 1 aromatic heterocycles. The highest BCUT2D eigenvalue weighted by atomic mass is 32.2. The van der Waals surface area contributed by atoms with Crippen molar-refractivity contribution < 1.29 is 13.2 Å². The molecule has 1 aromatic carbocycles. The van der Waals surface area contributed by atoms with Gasteiger partial charge in [-0.3, -0.25) is 9.40 Å². The molecule has 7 heteroatoms. The zero-order valence-corrected chi connectivity index (χ0v) is 16.2. The van der Waals surface area contributed by atoms with Crippen molar-refractivity contribution in [3.8, 4) is 5.75 Å². The van der Waals surface area contributed by atoms with Crippen molar-refractivity contribution in [2.45, 2.75) is 63.5 Å². The first kappa shape index (κ1) is 17.4. The van der Waals surface area contributed by atoms with Crippen LogP contribution in [0.1, 0.15) is 50.8 Å². The second kappa shape index (κ2) is 6.30. The average molecular weight is 375 g/mol. The third-order valence-corrected chi connectivity index (χ3v) is 6.17. The van der Waals surface area contributed by atoms with E-state index in [1.165, 1.54) is 0 Å². The number of rotatable bonds is 6.